The van der Waals surface area contributed by atoms with Crippen LogP contribution in [0.2, 0.25) is 0 Å². The third kappa shape index (κ3) is 64.4. The van der Waals surface area contributed by atoms with Crippen LogP contribution in [0.4, 0.5) is 0 Å². The number of phosphoric acid groups is 1. The standard InChI is InChI=1S/C70H139N2O6P/c1-6-8-10-12-14-16-18-20-22-24-26-28-30-31-32-33-34-35-36-37-38-39-40-41-42-44-46-48-50-52-54-56-58-60-62-64-70(74)71-68(67-78-79(75,76)77-66-65-72(3,4)5)69(73)63-61-59-57-55-53-51-49-47-45-43-29-27-25-23-21-19-17-15-13-11-9-7-2/h18,20,24,26,68-69,73H,6-17,19,21-23,25,27-67H2,1-5H3,(H-,71,74,75,76)/b20-18-,26-24-. The summed E-state index contributed by atoms with van der Waals surface area (Å²) in [6.07, 6.45) is 79.7. The van der Waals surface area contributed by atoms with Crippen molar-refractivity contribution in [1.82, 2.24) is 5.32 Å². The molecule has 0 bridgehead atoms. The van der Waals surface area contributed by atoms with Gasteiger partial charge >= 0.3 is 0 Å². The fourth-order valence-electron chi connectivity index (χ4n) is 11.0. The van der Waals surface area contributed by atoms with Crippen LogP contribution in [-0.2, 0) is 18.4 Å². The molecule has 0 aliphatic carbocycles. The van der Waals surface area contributed by atoms with E-state index in [0.717, 1.165) is 44.9 Å². The summed E-state index contributed by atoms with van der Waals surface area (Å²) in [6.45, 7) is 4.77. The summed E-state index contributed by atoms with van der Waals surface area (Å²) in [5.74, 6) is -0.156. The van der Waals surface area contributed by atoms with Crippen LogP contribution in [0.1, 0.15) is 367 Å². The lowest BCUT2D eigenvalue weighted by molar-refractivity contribution is -0.870. The number of hydrogen-bond acceptors (Lipinski definition) is 6. The smallest absolute Gasteiger partial charge is 0.268 e. The van der Waals surface area contributed by atoms with Gasteiger partial charge in [0.2, 0.25) is 5.91 Å². The molecule has 3 atom stereocenters. The van der Waals surface area contributed by atoms with Crippen molar-refractivity contribution in [3.05, 3.63) is 24.3 Å². The predicted molar refractivity (Wildman–Crippen MR) is 344 cm³/mol. The fourth-order valence-corrected chi connectivity index (χ4v) is 11.7. The SMILES string of the molecule is CCCCCCC/C=C\C/C=C\CCCCCCCCCCCCCCCCCCCCCCCCCC(=O)NC(COP(=O)([O-])OCC[N+](C)(C)C)C(O)CCCCCCCCCCCCCCCCCCCCCCCC. The number of rotatable bonds is 66. The number of amides is 1. The minimum atomic E-state index is -4.58. The first-order valence-corrected chi connectivity index (χ1v) is 36.6. The van der Waals surface area contributed by atoms with Gasteiger partial charge in [-0.2, -0.15) is 0 Å². The van der Waals surface area contributed by atoms with Crippen LogP contribution >= 0.6 is 7.82 Å². The number of nitrogens with zero attached hydrogens (tertiary/aromatic N) is 1. The topological polar surface area (TPSA) is 108 Å². The Hall–Kier alpha value is -1.02. The maximum atomic E-state index is 13.1. The van der Waals surface area contributed by atoms with E-state index in [0.29, 0.717) is 23.9 Å². The number of nitrogens with one attached hydrogen (secondary N) is 1. The van der Waals surface area contributed by atoms with Crippen LogP contribution < -0.4 is 10.2 Å². The average Bonchev–Trinajstić information content (AvgIpc) is 3.42. The van der Waals surface area contributed by atoms with Crippen LogP contribution in [0.15, 0.2) is 24.3 Å². The second-order valence-corrected chi connectivity index (χ2v) is 27.0. The first-order chi connectivity index (χ1) is 38.5. The number of hydrogen-bond donors (Lipinski definition) is 2. The van der Waals surface area contributed by atoms with Crippen molar-refractivity contribution in [3.8, 4) is 0 Å². The Balaban J connectivity index is 3.95. The van der Waals surface area contributed by atoms with Crippen molar-refractivity contribution in [3.63, 3.8) is 0 Å². The van der Waals surface area contributed by atoms with Crippen LogP contribution in [0, 0.1) is 0 Å². The molecule has 0 aromatic rings. The zero-order valence-electron chi connectivity index (χ0n) is 53.9. The second-order valence-electron chi connectivity index (χ2n) is 25.6. The number of aliphatic hydroxyl groups excluding tert-OH is 1. The molecule has 3 unspecified atom stereocenters. The van der Waals surface area contributed by atoms with E-state index >= 15 is 0 Å². The van der Waals surface area contributed by atoms with Crippen LogP contribution in [0.25, 0.3) is 0 Å². The molecule has 0 aliphatic heterocycles. The highest BCUT2D eigenvalue weighted by Crippen LogP contribution is 2.38. The molecule has 9 heteroatoms. The molecule has 79 heavy (non-hydrogen) atoms. The average molecular weight is 1140 g/mol. The predicted octanol–water partition coefficient (Wildman–Crippen LogP) is 21.6. The number of carbonyl (C=O) groups is 1. The van der Waals surface area contributed by atoms with E-state index in [2.05, 4.69) is 43.5 Å². The molecule has 1 amide bonds. The number of phosphoric ester groups is 1. The normalized spacial score (nSPS) is 13.8. The number of carbonyl (C=O) groups excluding carboxylic acids is 1. The van der Waals surface area contributed by atoms with E-state index in [4.69, 9.17) is 9.05 Å². The van der Waals surface area contributed by atoms with Gasteiger partial charge in [-0.25, -0.2) is 0 Å². The molecule has 0 saturated heterocycles. The van der Waals surface area contributed by atoms with Gasteiger partial charge in [0.05, 0.1) is 39.9 Å². The minimum absolute atomic E-state index is 0.0154. The van der Waals surface area contributed by atoms with Crippen LogP contribution in [-0.4, -0.2) is 68.5 Å². The van der Waals surface area contributed by atoms with Gasteiger partial charge in [-0.05, 0) is 44.9 Å². The summed E-state index contributed by atoms with van der Waals surface area (Å²) >= 11 is 0. The summed E-state index contributed by atoms with van der Waals surface area (Å²) in [7, 11) is 1.33. The van der Waals surface area contributed by atoms with Gasteiger partial charge < -0.3 is 28.8 Å². The zero-order chi connectivity index (χ0) is 57.7. The molecule has 0 spiro atoms. The molecule has 0 aromatic carbocycles. The molecule has 470 valence electrons. The van der Waals surface area contributed by atoms with Crippen LogP contribution in [0.5, 0.6) is 0 Å². The molecule has 0 rings (SSSR count). The van der Waals surface area contributed by atoms with E-state index < -0.39 is 20.0 Å². The highest BCUT2D eigenvalue weighted by molar-refractivity contribution is 7.45. The van der Waals surface area contributed by atoms with Crippen LogP contribution in [0.3, 0.4) is 0 Å². The molecule has 8 nitrogen and oxygen atoms in total. The summed E-state index contributed by atoms with van der Waals surface area (Å²) in [5.41, 5.74) is 0. The summed E-state index contributed by atoms with van der Waals surface area (Å²) < 4.78 is 23.5. The van der Waals surface area contributed by atoms with Crippen molar-refractivity contribution in [2.75, 3.05) is 40.9 Å². The van der Waals surface area contributed by atoms with Crippen molar-refractivity contribution in [2.45, 2.75) is 379 Å². The third-order valence-corrected chi connectivity index (χ3v) is 17.4. The van der Waals surface area contributed by atoms with Crippen molar-refractivity contribution >= 4 is 13.7 Å². The highest BCUT2D eigenvalue weighted by Gasteiger charge is 2.24. The maximum Gasteiger partial charge on any atom is 0.268 e. The molecular weight excluding hydrogens is 996 g/mol. The quantitative estimate of drug-likeness (QED) is 0.0272. The molecule has 0 aromatic heterocycles. The Kier molecular flexibility index (Phi) is 60.7. The second kappa shape index (κ2) is 61.5. The molecule has 0 aliphatic rings. The third-order valence-electron chi connectivity index (χ3n) is 16.4. The monoisotopic (exact) mass is 1140 g/mol. The Morgan fingerprint density at radius 3 is 1.05 bits per heavy atom. The number of likely N-dealkylation sites (N-methyl/N-ethyl adjacent to an activating group) is 1. The molecular formula is C70H139N2O6P. The zero-order valence-corrected chi connectivity index (χ0v) is 54.8. The first-order valence-electron chi connectivity index (χ1n) is 35.2. The van der Waals surface area contributed by atoms with Crippen molar-refractivity contribution in [2.24, 2.45) is 0 Å². The lowest BCUT2D eigenvalue weighted by Gasteiger charge is -2.30. The van der Waals surface area contributed by atoms with Crippen molar-refractivity contribution in [1.29, 1.82) is 0 Å². The van der Waals surface area contributed by atoms with Gasteiger partial charge in [-0.3, -0.25) is 9.36 Å². The lowest BCUT2D eigenvalue weighted by atomic mass is 10.0. The Bertz CT molecular complexity index is 1340. The molecule has 2 N–H and O–H groups in total. The molecule has 0 radical (unpaired) electrons. The summed E-state index contributed by atoms with van der Waals surface area (Å²) in [6, 6.07) is -0.799. The summed E-state index contributed by atoms with van der Waals surface area (Å²) in [5, 5.41) is 14.1. The Morgan fingerprint density at radius 1 is 0.443 bits per heavy atom. The largest absolute Gasteiger partial charge is 0.756 e. The van der Waals surface area contributed by atoms with Gasteiger partial charge in [-0.15, -0.1) is 0 Å². The highest BCUT2D eigenvalue weighted by atomic mass is 31.2. The van der Waals surface area contributed by atoms with E-state index in [1.165, 1.54) is 295 Å². The molecule has 0 saturated carbocycles. The Labute approximate surface area is 494 Å². The number of allylic oxidation sites excluding steroid dienone is 4. The maximum absolute atomic E-state index is 13.1. The molecule has 0 fully saturated rings. The summed E-state index contributed by atoms with van der Waals surface area (Å²) in [4.78, 5) is 25.7. The lowest BCUT2D eigenvalue weighted by Crippen LogP contribution is -2.46. The van der Waals surface area contributed by atoms with E-state index in [-0.39, 0.29) is 19.1 Å². The van der Waals surface area contributed by atoms with Crippen molar-refractivity contribution < 1.29 is 32.9 Å². The van der Waals surface area contributed by atoms with Gasteiger partial charge in [0.15, 0.2) is 0 Å². The number of quaternary nitrogens is 1. The number of aliphatic hydroxyl groups is 1. The van der Waals surface area contributed by atoms with Gasteiger partial charge in [0.1, 0.15) is 13.2 Å². The minimum Gasteiger partial charge on any atom is -0.756 e. The number of unbranched alkanes of at least 4 members (excludes halogenated alkanes) is 49. The first kappa shape index (κ1) is 78.0. The fraction of sp³-hybridized carbons (Fsp3) is 0.929. The Morgan fingerprint density at radius 2 is 0.734 bits per heavy atom. The van der Waals surface area contributed by atoms with E-state index in [1.807, 2.05) is 21.1 Å². The van der Waals surface area contributed by atoms with Gasteiger partial charge in [0, 0.05) is 6.42 Å². The molecule has 0 heterocycles. The van der Waals surface area contributed by atoms with E-state index in [9.17, 15) is 19.4 Å². The van der Waals surface area contributed by atoms with Gasteiger partial charge in [0.25, 0.3) is 7.82 Å². The van der Waals surface area contributed by atoms with E-state index in [1.54, 1.807) is 0 Å². The van der Waals surface area contributed by atoms with Gasteiger partial charge in [-0.1, -0.05) is 340 Å².